The van der Waals surface area contributed by atoms with Crippen molar-refractivity contribution in [3.05, 3.63) is 11.9 Å². The second kappa shape index (κ2) is 6.24. The maximum Gasteiger partial charge on any atom is 0.148 e. The molecule has 0 bridgehead atoms. The molecule has 1 fully saturated rings. The lowest BCUT2D eigenvalue weighted by Crippen LogP contribution is -2.18. The van der Waals surface area contributed by atoms with Crippen LogP contribution in [0.2, 0.25) is 0 Å². The Kier molecular flexibility index (Phi) is 4.66. The zero-order valence-electron chi connectivity index (χ0n) is 10.9. The highest BCUT2D eigenvalue weighted by Gasteiger charge is 2.18. The molecule has 5 nitrogen and oxygen atoms in total. The van der Waals surface area contributed by atoms with Gasteiger partial charge in [-0.05, 0) is 29.8 Å². The zero-order chi connectivity index (χ0) is 13.0. The molecule has 1 aliphatic heterocycles. The van der Waals surface area contributed by atoms with E-state index in [1.807, 2.05) is 11.8 Å². The van der Waals surface area contributed by atoms with Gasteiger partial charge < -0.3 is 10.7 Å². The van der Waals surface area contributed by atoms with Gasteiger partial charge in [0, 0.05) is 12.1 Å². The van der Waals surface area contributed by atoms with Crippen molar-refractivity contribution in [1.82, 2.24) is 9.97 Å². The summed E-state index contributed by atoms with van der Waals surface area (Å²) < 4.78 is 0. The smallest absolute Gasteiger partial charge is 0.148 e. The minimum atomic E-state index is 0.331. The van der Waals surface area contributed by atoms with Gasteiger partial charge >= 0.3 is 0 Å². The third-order valence-electron chi connectivity index (χ3n) is 3.18. The van der Waals surface area contributed by atoms with Crippen LogP contribution in [0.15, 0.2) is 6.33 Å². The summed E-state index contributed by atoms with van der Waals surface area (Å²) in [7, 11) is 0. The molecule has 0 saturated carbocycles. The van der Waals surface area contributed by atoms with E-state index in [0.717, 1.165) is 23.8 Å². The maximum atomic E-state index is 5.50. The summed E-state index contributed by atoms with van der Waals surface area (Å²) >= 11 is 2.03. The molecular formula is C12H21N5S. The van der Waals surface area contributed by atoms with Crippen molar-refractivity contribution < 1.29 is 0 Å². The average Bonchev–Trinajstić information content (AvgIpc) is 2.88. The zero-order valence-corrected chi connectivity index (χ0v) is 11.8. The Bertz CT molecular complexity index is 390. The fraction of sp³-hybridized carbons (Fsp3) is 0.667. The Hall–Kier alpha value is -1.01. The molecule has 0 amide bonds. The van der Waals surface area contributed by atoms with Crippen molar-refractivity contribution in [3.63, 3.8) is 0 Å². The van der Waals surface area contributed by atoms with Crippen molar-refractivity contribution in [3.8, 4) is 0 Å². The number of rotatable bonds is 5. The predicted molar refractivity (Wildman–Crippen MR) is 77.9 cm³/mol. The summed E-state index contributed by atoms with van der Waals surface area (Å²) in [4.78, 5) is 8.51. The van der Waals surface area contributed by atoms with Crippen molar-refractivity contribution >= 4 is 23.4 Å². The SMILES string of the molecule is CC(C)c1c(NN)ncnc1NCC1CCSC1. The monoisotopic (exact) mass is 267 g/mol. The Balaban J connectivity index is 2.10. The number of nitrogens with zero attached hydrogens (tertiary/aromatic N) is 2. The van der Waals surface area contributed by atoms with Crippen molar-refractivity contribution in [2.24, 2.45) is 11.8 Å². The minimum absolute atomic E-state index is 0.331. The van der Waals surface area contributed by atoms with Gasteiger partial charge in [0.25, 0.3) is 0 Å². The molecule has 0 spiro atoms. The van der Waals surface area contributed by atoms with E-state index >= 15 is 0 Å². The summed E-state index contributed by atoms with van der Waals surface area (Å²) in [6.45, 7) is 5.22. The largest absolute Gasteiger partial charge is 0.369 e. The summed E-state index contributed by atoms with van der Waals surface area (Å²) in [6.07, 6.45) is 2.84. The fourth-order valence-corrected chi connectivity index (χ4v) is 3.47. The summed E-state index contributed by atoms with van der Waals surface area (Å²) in [5, 5.41) is 3.45. The van der Waals surface area contributed by atoms with E-state index in [9.17, 15) is 0 Å². The van der Waals surface area contributed by atoms with Crippen LogP contribution in [0.5, 0.6) is 0 Å². The van der Waals surface area contributed by atoms with Gasteiger partial charge in [0.2, 0.25) is 0 Å². The first-order valence-electron chi connectivity index (χ1n) is 6.35. The van der Waals surface area contributed by atoms with Gasteiger partial charge in [-0.3, -0.25) is 0 Å². The highest BCUT2D eigenvalue weighted by Crippen LogP contribution is 2.29. The number of hydrogen-bond acceptors (Lipinski definition) is 6. The van der Waals surface area contributed by atoms with E-state index in [4.69, 9.17) is 5.84 Å². The lowest BCUT2D eigenvalue weighted by Gasteiger charge is -2.17. The molecule has 0 radical (unpaired) electrons. The molecule has 100 valence electrons. The number of anilines is 2. The molecule has 1 aromatic rings. The number of nitrogens with one attached hydrogen (secondary N) is 2. The molecular weight excluding hydrogens is 246 g/mol. The van der Waals surface area contributed by atoms with E-state index in [1.165, 1.54) is 17.9 Å². The first-order valence-corrected chi connectivity index (χ1v) is 7.51. The molecule has 0 aromatic carbocycles. The third-order valence-corrected chi connectivity index (χ3v) is 4.41. The van der Waals surface area contributed by atoms with E-state index < -0.39 is 0 Å². The van der Waals surface area contributed by atoms with E-state index in [2.05, 4.69) is 34.6 Å². The lowest BCUT2D eigenvalue weighted by molar-refractivity contribution is 0.629. The standard InChI is InChI=1S/C12H21N5S/c1-8(2)10-11(15-7-16-12(10)17-13)14-5-9-3-4-18-6-9/h7-9H,3-6,13H2,1-2H3,(H2,14,15,16,17). The fourth-order valence-electron chi connectivity index (χ4n) is 2.18. The Morgan fingerprint density at radius 2 is 2.22 bits per heavy atom. The summed E-state index contributed by atoms with van der Waals surface area (Å²) in [5.74, 6) is 10.7. The van der Waals surface area contributed by atoms with Crippen LogP contribution in [0.4, 0.5) is 11.6 Å². The number of hydrogen-bond donors (Lipinski definition) is 3. The quantitative estimate of drug-likeness (QED) is 0.560. The van der Waals surface area contributed by atoms with E-state index in [0.29, 0.717) is 11.7 Å². The van der Waals surface area contributed by atoms with Crippen LogP contribution in [0, 0.1) is 5.92 Å². The molecule has 0 aliphatic carbocycles. The number of nitrogen functional groups attached to an aromatic ring is 1. The van der Waals surface area contributed by atoms with Crippen LogP contribution in [-0.2, 0) is 0 Å². The minimum Gasteiger partial charge on any atom is -0.369 e. The first kappa shape index (κ1) is 13.4. The van der Waals surface area contributed by atoms with Gasteiger partial charge in [-0.1, -0.05) is 13.8 Å². The van der Waals surface area contributed by atoms with Gasteiger partial charge in [0.1, 0.15) is 18.0 Å². The lowest BCUT2D eigenvalue weighted by atomic mass is 10.0. The molecule has 1 aliphatic rings. The van der Waals surface area contributed by atoms with Gasteiger partial charge in [-0.15, -0.1) is 0 Å². The van der Waals surface area contributed by atoms with Crippen LogP contribution in [-0.4, -0.2) is 28.0 Å². The first-order chi connectivity index (χ1) is 8.72. The Labute approximate surface area is 112 Å². The molecule has 2 heterocycles. The molecule has 1 atom stereocenters. The van der Waals surface area contributed by atoms with Gasteiger partial charge in [0.05, 0.1) is 0 Å². The normalized spacial score (nSPS) is 19.2. The number of aromatic nitrogens is 2. The van der Waals surface area contributed by atoms with Gasteiger partial charge in [-0.25, -0.2) is 15.8 Å². The van der Waals surface area contributed by atoms with Crippen LogP contribution in [0.1, 0.15) is 31.7 Å². The molecule has 1 saturated heterocycles. The third kappa shape index (κ3) is 3.05. The van der Waals surface area contributed by atoms with Crippen molar-refractivity contribution in [1.29, 1.82) is 0 Å². The maximum absolute atomic E-state index is 5.50. The Morgan fingerprint density at radius 1 is 1.44 bits per heavy atom. The summed E-state index contributed by atoms with van der Waals surface area (Å²) in [6, 6.07) is 0. The van der Waals surface area contributed by atoms with Crippen LogP contribution in [0.3, 0.4) is 0 Å². The summed E-state index contributed by atoms with van der Waals surface area (Å²) in [5.41, 5.74) is 3.71. The highest BCUT2D eigenvalue weighted by molar-refractivity contribution is 7.99. The molecule has 2 rings (SSSR count). The number of thioether (sulfide) groups is 1. The van der Waals surface area contributed by atoms with Crippen LogP contribution in [0.25, 0.3) is 0 Å². The predicted octanol–water partition coefficient (Wildman–Crippen LogP) is 2.05. The average molecular weight is 267 g/mol. The molecule has 4 N–H and O–H groups in total. The second-order valence-corrected chi connectivity index (χ2v) is 6.04. The van der Waals surface area contributed by atoms with Gasteiger partial charge in [0.15, 0.2) is 0 Å². The molecule has 6 heteroatoms. The Morgan fingerprint density at radius 3 is 2.83 bits per heavy atom. The number of nitrogens with two attached hydrogens (primary N) is 1. The van der Waals surface area contributed by atoms with Gasteiger partial charge in [-0.2, -0.15) is 11.8 Å². The molecule has 1 unspecified atom stereocenters. The molecule has 18 heavy (non-hydrogen) atoms. The van der Waals surface area contributed by atoms with E-state index in [-0.39, 0.29) is 0 Å². The number of hydrazine groups is 1. The van der Waals surface area contributed by atoms with Crippen molar-refractivity contribution in [2.45, 2.75) is 26.2 Å². The second-order valence-electron chi connectivity index (χ2n) is 4.89. The van der Waals surface area contributed by atoms with Crippen LogP contribution >= 0.6 is 11.8 Å². The topological polar surface area (TPSA) is 75.9 Å². The highest BCUT2D eigenvalue weighted by atomic mass is 32.2. The molecule has 1 aromatic heterocycles. The van der Waals surface area contributed by atoms with Crippen LogP contribution < -0.4 is 16.6 Å². The van der Waals surface area contributed by atoms with Crippen molar-refractivity contribution in [2.75, 3.05) is 28.8 Å². The van der Waals surface area contributed by atoms with E-state index in [1.54, 1.807) is 6.33 Å².